The Labute approximate surface area is 323 Å². The van der Waals surface area contributed by atoms with Crippen LogP contribution in [0.15, 0.2) is 91.0 Å². The Hall–Kier alpha value is -4.01. The Morgan fingerprint density at radius 1 is 0.667 bits per heavy atom. The summed E-state index contributed by atoms with van der Waals surface area (Å²) in [5, 5.41) is 3.29. The third kappa shape index (κ3) is 8.45. The van der Waals surface area contributed by atoms with Crippen LogP contribution in [0.3, 0.4) is 0 Å². The van der Waals surface area contributed by atoms with Crippen molar-refractivity contribution in [1.82, 2.24) is 24.9 Å². The van der Waals surface area contributed by atoms with Gasteiger partial charge in [-0.05, 0) is 94.1 Å². The summed E-state index contributed by atoms with van der Waals surface area (Å²) >= 11 is 0. The fourth-order valence-electron chi connectivity index (χ4n) is 10.1. The molecule has 0 bridgehead atoms. The van der Waals surface area contributed by atoms with Crippen molar-refractivity contribution in [2.24, 2.45) is 11.8 Å². The minimum atomic E-state index is -0.758. The molecular weight excluding hydrogens is 671 g/mol. The number of hydrogen-bond donors (Lipinski definition) is 1. The molecule has 1 aliphatic carbocycles. The van der Waals surface area contributed by atoms with E-state index in [-0.39, 0.29) is 30.2 Å². The van der Waals surface area contributed by atoms with E-state index in [0.29, 0.717) is 38.4 Å². The lowest BCUT2D eigenvalue weighted by Crippen LogP contribution is -2.54. The van der Waals surface area contributed by atoms with Gasteiger partial charge in [0.15, 0.2) is 0 Å². The number of likely N-dealkylation sites (N-methyl/N-ethyl adjacent to an activating group) is 1. The summed E-state index contributed by atoms with van der Waals surface area (Å²) in [5.74, 6) is 1.09. The highest BCUT2D eigenvalue weighted by Crippen LogP contribution is 2.43. The summed E-state index contributed by atoms with van der Waals surface area (Å²) in [6.07, 6.45) is 11.3. The lowest BCUT2D eigenvalue weighted by atomic mass is 9.67. The maximum absolute atomic E-state index is 15.0. The van der Waals surface area contributed by atoms with E-state index in [0.717, 1.165) is 42.0 Å². The Kier molecular flexibility index (Phi) is 12.5. The highest BCUT2D eigenvalue weighted by molar-refractivity contribution is 5.93. The van der Waals surface area contributed by atoms with Crippen LogP contribution >= 0.6 is 0 Å². The van der Waals surface area contributed by atoms with Gasteiger partial charge in [-0.15, -0.1) is 0 Å². The summed E-state index contributed by atoms with van der Waals surface area (Å²) < 4.78 is 0. The zero-order chi connectivity index (χ0) is 37.5. The van der Waals surface area contributed by atoms with Crippen LogP contribution in [0.4, 0.5) is 0 Å². The van der Waals surface area contributed by atoms with Crippen LogP contribution in [0.2, 0.25) is 0 Å². The molecule has 54 heavy (non-hydrogen) atoms. The average Bonchev–Trinajstić information content (AvgIpc) is 3.90. The maximum Gasteiger partial charge on any atom is 0.246 e. The van der Waals surface area contributed by atoms with Crippen molar-refractivity contribution in [3.8, 4) is 0 Å². The number of piperidine rings is 1. The molecule has 1 saturated carbocycles. The van der Waals surface area contributed by atoms with Crippen molar-refractivity contribution in [2.45, 2.75) is 94.2 Å². The van der Waals surface area contributed by atoms with Gasteiger partial charge in [0.1, 0.15) is 12.1 Å². The topological polar surface area (TPSA) is 76.2 Å². The predicted octanol–water partition coefficient (Wildman–Crippen LogP) is 6.34. The molecule has 0 radical (unpaired) electrons. The van der Waals surface area contributed by atoms with Gasteiger partial charge in [0, 0.05) is 45.2 Å². The summed E-state index contributed by atoms with van der Waals surface area (Å²) in [6.45, 7) is 5.09. The smallest absolute Gasteiger partial charge is 0.246 e. The summed E-state index contributed by atoms with van der Waals surface area (Å²) in [7, 11) is 4.05. The Balaban J connectivity index is 1.08. The van der Waals surface area contributed by atoms with Crippen molar-refractivity contribution in [3.63, 3.8) is 0 Å². The van der Waals surface area contributed by atoms with E-state index in [1.54, 1.807) is 4.90 Å². The van der Waals surface area contributed by atoms with Gasteiger partial charge in [0.05, 0.1) is 5.41 Å². The number of nitrogens with zero attached hydrogens (tertiary/aromatic N) is 4. The second-order valence-corrected chi connectivity index (χ2v) is 16.8. The Morgan fingerprint density at radius 3 is 1.83 bits per heavy atom. The van der Waals surface area contributed by atoms with E-state index in [1.165, 1.54) is 51.6 Å². The normalized spacial score (nSPS) is 24.2. The molecule has 7 rings (SSSR count). The molecule has 3 saturated heterocycles. The maximum atomic E-state index is 15.0. The monoisotopic (exact) mass is 731 g/mol. The number of carbonyl (C=O) groups excluding carboxylic acids is 3. The van der Waals surface area contributed by atoms with Crippen LogP contribution in [0, 0.1) is 11.8 Å². The van der Waals surface area contributed by atoms with Crippen LogP contribution in [-0.2, 0) is 19.8 Å². The zero-order valence-electron chi connectivity index (χ0n) is 32.6. The SMILES string of the molecule is CN(C)[C@H]1C[C@@H](C(=O)N2CCC[C@@H]2C(=O)NC[C@H]2CCCN(CC3CCCCC3)C2)N(C(=O)CC(c2ccccc2)(c2ccccc2)c2ccccc2)C1. The first-order valence-electron chi connectivity index (χ1n) is 20.8. The van der Waals surface area contributed by atoms with Gasteiger partial charge in [-0.1, -0.05) is 110 Å². The zero-order valence-corrected chi connectivity index (χ0v) is 32.6. The van der Waals surface area contributed by atoms with E-state index in [4.69, 9.17) is 0 Å². The molecule has 8 heteroatoms. The predicted molar refractivity (Wildman–Crippen MR) is 215 cm³/mol. The quantitative estimate of drug-likeness (QED) is 0.220. The van der Waals surface area contributed by atoms with E-state index < -0.39 is 17.5 Å². The number of hydrogen-bond acceptors (Lipinski definition) is 5. The van der Waals surface area contributed by atoms with E-state index in [2.05, 4.69) is 51.5 Å². The first-order chi connectivity index (χ1) is 26.3. The van der Waals surface area contributed by atoms with Gasteiger partial charge in [-0.25, -0.2) is 0 Å². The number of likely N-dealkylation sites (tertiary alicyclic amines) is 3. The number of nitrogens with one attached hydrogen (secondary N) is 1. The van der Waals surface area contributed by atoms with Crippen LogP contribution in [0.5, 0.6) is 0 Å². The molecule has 4 fully saturated rings. The second-order valence-electron chi connectivity index (χ2n) is 16.8. The van der Waals surface area contributed by atoms with E-state index in [9.17, 15) is 14.4 Å². The lowest BCUT2D eigenvalue weighted by Gasteiger charge is -2.38. The fraction of sp³-hybridized carbons (Fsp3) is 0.543. The molecule has 3 aromatic rings. The van der Waals surface area contributed by atoms with Crippen molar-refractivity contribution < 1.29 is 14.4 Å². The van der Waals surface area contributed by atoms with Gasteiger partial charge in [0.2, 0.25) is 17.7 Å². The largest absolute Gasteiger partial charge is 0.354 e. The number of amides is 3. The fourth-order valence-corrected chi connectivity index (χ4v) is 10.1. The van der Waals surface area contributed by atoms with Gasteiger partial charge in [-0.3, -0.25) is 14.4 Å². The highest BCUT2D eigenvalue weighted by Gasteiger charge is 2.48. The molecular formula is C46H61N5O3. The highest BCUT2D eigenvalue weighted by atomic mass is 16.2. The van der Waals surface area contributed by atoms with Gasteiger partial charge >= 0.3 is 0 Å². The molecule has 3 aliphatic heterocycles. The molecule has 8 nitrogen and oxygen atoms in total. The minimum absolute atomic E-state index is 0.0402. The second kappa shape index (κ2) is 17.6. The average molecular weight is 732 g/mol. The molecule has 0 spiro atoms. The first-order valence-corrected chi connectivity index (χ1v) is 20.8. The first kappa shape index (κ1) is 38.3. The molecule has 4 atom stereocenters. The molecule has 0 unspecified atom stereocenters. The van der Waals surface area contributed by atoms with Crippen LogP contribution in [-0.4, -0.2) is 109 Å². The summed E-state index contributed by atoms with van der Waals surface area (Å²) in [5.41, 5.74) is 2.35. The minimum Gasteiger partial charge on any atom is -0.354 e. The lowest BCUT2D eigenvalue weighted by molar-refractivity contribution is -0.146. The molecule has 3 heterocycles. The van der Waals surface area contributed by atoms with E-state index in [1.807, 2.05) is 73.6 Å². The summed E-state index contributed by atoms with van der Waals surface area (Å²) in [4.78, 5) is 51.9. The van der Waals surface area contributed by atoms with Crippen molar-refractivity contribution in [2.75, 3.05) is 53.4 Å². The standard InChI is InChI=1S/C46H61N5O3/c1-48(2)40-29-42(45(54)50-28-16-26-41(50)44(53)47-31-36-19-15-27-49(33-36)32-35-17-7-3-8-18-35)51(34-40)43(52)30-46(37-20-9-4-10-21-37,38-22-11-5-12-23-38)39-24-13-6-14-25-39/h4-6,9-14,20-25,35-36,40-42H,3,7-8,15-19,26-34H2,1-2H3,(H,47,53)/t36-,40+,41-,42+/m1/s1. The number of carbonyl (C=O) groups is 3. The van der Waals surface area contributed by atoms with Crippen molar-refractivity contribution in [3.05, 3.63) is 108 Å². The Bertz CT molecular complexity index is 1580. The Morgan fingerprint density at radius 2 is 1.24 bits per heavy atom. The third-order valence-corrected chi connectivity index (χ3v) is 13.1. The van der Waals surface area contributed by atoms with Crippen molar-refractivity contribution in [1.29, 1.82) is 0 Å². The molecule has 288 valence electrons. The van der Waals surface area contributed by atoms with E-state index >= 15 is 0 Å². The van der Waals surface area contributed by atoms with Gasteiger partial charge in [0.25, 0.3) is 0 Å². The van der Waals surface area contributed by atoms with Crippen molar-refractivity contribution >= 4 is 17.7 Å². The van der Waals surface area contributed by atoms with Crippen LogP contribution < -0.4 is 5.32 Å². The van der Waals surface area contributed by atoms with Gasteiger partial charge < -0.3 is 24.9 Å². The number of benzene rings is 3. The number of rotatable bonds is 12. The molecule has 1 N–H and O–H groups in total. The van der Waals surface area contributed by atoms with Crippen LogP contribution in [0.25, 0.3) is 0 Å². The molecule has 3 aromatic carbocycles. The van der Waals surface area contributed by atoms with Gasteiger partial charge in [-0.2, -0.15) is 0 Å². The third-order valence-electron chi connectivity index (χ3n) is 13.1. The van der Waals surface area contributed by atoms with Crippen LogP contribution in [0.1, 0.15) is 87.3 Å². The molecule has 0 aromatic heterocycles. The molecule has 4 aliphatic rings. The summed E-state index contributed by atoms with van der Waals surface area (Å²) in [6, 6.07) is 29.8. The molecule has 3 amide bonds.